The van der Waals surface area contributed by atoms with E-state index in [1.807, 2.05) is 25.1 Å². The lowest BCUT2D eigenvalue weighted by molar-refractivity contribution is 0.131. The molecule has 0 spiro atoms. The van der Waals surface area contributed by atoms with E-state index in [0.717, 1.165) is 6.54 Å². The quantitative estimate of drug-likeness (QED) is 0.827. The van der Waals surface area contributed by atoms with E-state index in [2.05, 4.69) is 35.4 Å². The van der Waals surface area contributed by atoms with Crippen LogP contribution >= 0.6 is 11.3 Å². The second kappa shape index (κ2) is 7.71. The van der Waals surface area contributed by atoms with Crippen molar-refractivity contribution in [1.29, 1.82) is 0 Å². The maximum absolute atomic E-state index is 9.43. The molecule has 0 radical (unpaired) electrons. The van der Waals surface area contributed by atoms with Crippen LogP contribution in [0, 0.1) is 6.92 Å². The van der Waals surface area contributed by atoms with Crippen molar-refractivity contribution < 1.29 is 5.11 Å². The van der Waals surface area contributed by atoms with Crippen molar-refractivity contribution in [3.05, 3.63) is 57.8 Å². The fourth-order valence-electron chi connectivity index (χ4n) is 2.69. The van der Waals surface area contributed by atoms with E-state index in [1.165, 1.54) is 16.0 Å². The fraction of sp³-hybridized carbons (Fsp3) is 0.412. The van der Waals surface area contributed by atoms with Gasteiger partial charge in [0.15, 0.2) is 0 Å². The predicted molar refractivity (Wildman–Crippen MR) is 89.4 cm³/mol. The van der Waals surface area contributed by atoms with E-state index >= 15 is 0 Å². The van der Waals surface area contributed by atoms with Gasteiger partial charge in [0, 0.05) is 24.0 Å². The number of nitrogens with two attached hydrogens (primary N) is 1. The average Bonchev–Trinajstić information content (AvgIpc) is 2.86. The Morgan fingerprint density at radius 2 is 1.95 bits per heavy atom. The Morgan fingerprint density at radius 3 is 2.48 bits per heavy atom. The lowest BCUT2D eigenvalue weighted by Gasteiger charge is -2.34. The van der Waals surface area contributed by atoms with Gasteiger partial charge < -0.3 is 10.8 Å². The first kappa shape index (κ1) is 16.2. The van der Waals surface area contributed by atoms with Crippen molar-refractivity contribution in [2.45, 2.75) is 32.5 Å². The largest absolute Gasteiger partial charge is 0.395 e. The topological polar surface area (TPSA) is 49.5 Å². The Bertz CT molecular complexity index is 539. The Kier molecular flexibility index (Phi) is 5.94. The van der Waals surface area contributed by atoms with Crippen molar-refractivity contribution in [3.8, 4) is 0 Å². The highest BCUT2D eigenvalue weighted by Crippen LogP contribution is 2.31. The van der Waals surface area contributed by atoms with E-state index in [-0.39, 0.29) is 18.7 Å². The van der Waals surface area contributed by atoms with Crippen molar-refractivity contribution in [2.75, 3.05) is 13.2 Å². The molecule has 2 unspecified atom stereocenters. The summed E-state index contributed by atoms with van der Waals surface area (Å²) < 4.78 is 0. The summed E-state index contributed by atoms with van der Waals surface area (Å²) >= 11 is 1.75. The second-order valence-electron chi connectivity index (χ2n) is 5.45. The van der Waals surface area contributed by atoms with Crippen LogP contribution < -0.4 is 5.73 Å². The fourth-order valence-corrected chi connectivity index (χ4v) is 3.86. The third-order valence-electron chi connectivity index (χ3n) is 3.68. The van der Waals surface area contributed by atoms with Crippen molar-refractivity contribution in [1.82, 2.24) is 4.90 Å². The zero-order valence-electron chi connectivity index (χ0n) is 12.7. The van der Waals surface area contributed by atoms with Gasteiger partial charge in [-0.2, -0.15) is 0 Å². The molecular formula is C17H24N2OS. The van der Waals surface area contributed by atoms with Crippen LogP contribution in [0.2, 0.25) is 0 Å². The molecule has 0 aliphatic heterocycles. The third kappa shape index (κ3) is 4.14. The molecule has 21 heavy (non-hydrogen) atoms. The summed E-state index contributed by atoms with van der Waals surface area (Å²) in [5.41, 5.74) is 8.78. The van der Waals surface area contributed by atoms with Gasteiger partial charge in [-0.05, 0) is 36.4 Å². The lowest BCUT2D eigenvalue weighted by atomic mass is 10.0. The number of benzene rings is 1. The van der Waals surface area contributed by atoms with Crippen molar-refractivity contribution in [2.24, 2.45) is 5.73 Å². The van der Waals surface area contributed by atoms with Crippen LogP contribution in [-0.4, -0.2) is 29.2 Å². The minimum atomic E-state index is 0.0117. The number of thiophene rings is 1. The molecule has 0 bridgehead atoms. The first-order valence-corrected chi connectivity index (χ1v) is 8.20. The minimum absolute atomic E-state index is 0.0117. The number of aryl methyl sites for hydroxylation is 1. The SMILES string of the molecule is Cc1ccsc1C(C(C)N)N(CCO)Cc1ccccc1. The van der Waals surface area contributed by atoms with Crippen molar-refractivity contribution >= 4 is 11.3 Å². The maximum Gasteiger partial charge on any atom is 0.0597 e. The highest BCUT2D eigenvalue weighted by Gasteiger charge is 2.26. The van der Waals surface area contributed by atoms with Gasteiger partial charge in [-0.3, -0.25) is 4.90 Å². The second-order valence-corrected chi connectivity index (χ2v) is 6.40. The smallest absolute Gasteiger partial charge is 0.0597 e. The van der Waals surface area contributed by atoms with Gasteiger partial charge in [0.2, 0.25) is 0 Å². The number of nitrogens with zero attached hydrogens (tertiary/aromatic N) is 1. The van der Waals surface area contributed by atoms with Gasteiger partial charge in [-0.25, -0.2) is 0 Å². The van der Waals surface area contributed by atoms with Crippen LogP contribution in [0.25, 0.3) is 0 Å². The van der Waals surface area contributed by atoms with Gasteiger partial charge >= 0.3 is 0 Å². The summed E-state index contributed by atoms with van der Waals surface area (Å²) in [4.78, 5) is 3.58. The molecule has 1 heterocycles. The van der Waals surface area contributed by atoms with Gasteiger partial charge in [0.05, 0.1) is 12.6 Å². The molecule has 2 aromatic rings. The van der Waals surface area contributed by atoms with Gasteiger partial charge in [0.1, 0.15) is 0 Å². The van der Waals surface area contributed by atoms with E-state index in [1.54, 1.807) is 11.3 Å². The average molecular weight is 304 g/mol. The number of aliphatic hydroxyl groups is 1. The summed E-state index contributed by atoms with van der Waals surface area (Å²) in [5.74, 6) is 0. The Labute approximate surface area is 131 Å². The number of aliphatic hydroxyl groups excluding tert-OH is 1. The molecule has 3 nitrogen and oxygen atoms in total. The lowest BCUT2D eigenvalue weighted by Crippen LogP contribution is -2.40. The molecule has 2 atom stereocenters. The van der Waals surface area contributed by atoms with Crippen LogP contribution in [0.3, 0.4) is 0 Å². The summed E-state index contributed by atoms with van der Waals surface area (Å²) in [6, 6.07) is 12.6. The molecule has 4 heteroatoms. The van der Waals surface area contributed by atoms with Gasteiger partial charge in [0.25, 0.3) is 0 Å². The van der Waals surface area contributed by atoms with Crippen LogP contribution in [0.5, 0.6) is 0 Å². The normalized spacial score (nSPS) is 14.3. The van der Waals surface area contributed by atoms with E-state index in [4.69, 9.17) is 5.73 Å². The standard InChI is InChI=1S/C17H24N2OS/c1-13-8-11-21-17(13)16(14(2)18)19(9-10-20)12-15-6-4-3-5-7-15/h3-8,11,14,16,20H,9-10,12,18H2,1-2H3. The molecule has 2 rings (SSSR count). The number of hydrogen-bond donors (Lipinski definition) is 2. The van der Waals surface area contributed by atoms with Crippen LogP contribution in [0.15, 0.2) is 41.8 Å². The summed E-state index contributed by atoms with van der Waals surface area (Å²) in [5, 5.41) is 11.5. The highest BCUT2D eigenvalue weighted by atomic mass is 32.1. The highest BCUT2D eigenvalue weighted by molar-refractivity contribution is 7.10. The molecule has 0 fully saturated rings. The van der Waals surface area contributed by atoms with E-state index in [0.29, 0.717) is 6.54 Å². The van der Waals surface area contributed by atoms with Crippen LogP contribution in [0.1, 0.15) is 29.0 Å². The Morgan fingerprint density at radius 1 is 1.24 bits per heavy atom. The zero-order chi connectivity index (χ0) is 15.2. The first-order chi connectivity index (χ1) is 10.1. The van der Waals surface area contributed by atoms with E-state index < -0.39 is 0 Å². The Hall–Kier alpha value is -1.20. The molecule has 1 aromatic carbocycles. The first-order valence-electron chi connectivity index (χ1n) is 7.32. The Balaban J connectivity index is 2.27. The van der Waals surface area contributed by atoms with Gasteiger partial charge in [-0.15, -0.1) is 11.3 Å². The molecule has 1 aromatic heterocycles. The summed E-state index contributed by atoms with van der Waals surface area (Å²) in [6.07, 6.45) is 0. The predicted octanol–water partition coefficient (Wildman–Crippen LogP) is 2.94. The molecule has 0 saturated heterocycles. The molecule has 114 valence electrons. The zero-order valence-corrected chi connectivity index (χ0v) is 13.5. The summed E-state index contributed by atoms with van der Waals surface area (Å²) in [6.45, 7) is 5.73. The maximum atomic E-state index is 9.43. The molecular weight excluding hydrogens is 280 g/mol. The van der Waals surface area contributed by atoms with Gasteiger partial charge in [-0.1, -0.05) is 30.3 Å². The van der Waals surface area contributed by atoms with Crippen LogP contribution in [-0.2, 0) is 6.54 Å². The molecule has 3 N–H and O–H groups in total. The van der Waals surface area contributed by atoms with Crippen molar-refractivity contribution in [3.63, 3.8) is 0 Å². The van der Waals surface area contributed by atoms with E-state index in [9.17, 15) is 5.11 Å². The number of hydrogen-bond acceptors (Lipinski definition) is 4. The molecule has 0 aliphatic carbocycles. The summed E-state index contributed by atoms with van der Waals surface area (Å²) in [7, 11) is 0. The number of rotatable bonds is 7. The minimum Gasteiger partial charge on any atom is -0.395 e. The monoisotopic (exact) mass is 304 g/mol. The van der Waals surface area contributed by atoms with Crippen LogP contribution in [0.4, 0.5) is 0 Å². The molecule has 0 amide bonds. The molecule has 0 saturated carbocycles. The molecule has 0 aliphatic rings. The third-order valence-corrected chi connectivity index (χ3v) is 4.77.